The number of benzene rings is 2. The van der Waals surface area contributed by atoms with Gasteiger partial charge in [0.2, 0.25) is 11.8 Å². The van der Waals surface area contributed by atoms with Gasteiger partial charge in [-0.2, -0.15) is 26.3 Å². The summed E-state index contributed by atoms with van der Waals surface area (Å²) in [5.41, 5.74) is -3.52. The van der Waals surface area contributed by atoms with E-state index >= 15 is 0 Å². The smallest absolute Gasteiger partial charge is 0.416 e. The lowest BCUT2D eigenvalue weighted by molar-refractivity contribution is -0.265. The largest absolute Gasteiger partial charge is 0.508 e. The molecule has 2 aromatic carbocycles. The predicted octanol–water partition coefficient (Wildman–Crippen LogP) is 5.04. The van der Waals surface area contributed by atoms with Crippen molar-refractivity contribution in [1.29, 1.82) is 0 Å². The number of nitrogens with zero attached hydrogens (tertiary/aromatic N) is 1. The van der Waals surface area contributed by atoms with Gasteiger partial charge in [-0.05, 0) is 48.7 Å². The maximum Gasteiger partial charge on any atom is 0.416 e. The van der Waals surface area contributed by atoms with Crippen LogP contribution < -0.4 is 4.90 Å². The van der Waals surface area contributed by atoms with Crippen molar-refractivity contribution in [3.63, 3.8) is 0 Å². The second-order valence-electron chi connectivity index (χ2n) is 9.84. The van der Waals surface area contributed by atoms with Crippen LogP contribution in [0.2, 0.25) is 0 Å². The molecule has 198 valence electrons. The molecule has 6 nitrogen and oxygen atoms in total. The average Bonchev–Trinajstić information content (AvgIpc) is 3.28. The maximum atomic E-state index is 13.5. The van der Waals surface area contributed by atoms with Gasteiger partial charge in [0.15, 0.2) is 5.79 Å². The van der Waals surface area contributed by atoms with Crippen LogP contribution in [0.15, 0.2) is 42.5 Å². The number of phenols is 1. The molecule has 1 aliphatic carbocycles. The minimum absolute atomic E-state index is 0.00201. The Morgan fingerprint density at radius 3 is 2.03 bits per heavy atom. The van der Waals surface area contributed by atoms with Crippen molar-refractivity contribution in [3.8, 4) is 5.75 Å². The van der Waals surface area contributed by atoms with Gasteiger partial charge in [0.25, 0.3) is 0 Å². The Labute approximate surface area is 206 Å². The highest BCUT2D eigenvalue weighted by Crippen LogP contribution is 2.58. The summed E-state index contributed by atoms with van der Waals surface area (Å²) in [4.78, 5) is 27.2. The monoisotopic (exact) mass is 529 g/mol. The number of carbonyl (C=O) groups is 2. The first-order valence-electron chi connectivity index (χ1n) is 11.5. The SMILES string of the molecule is C[C@H]1C[C@@H]2C(=O)N(c3cc(C(F)(F)F)cc(C(F)(F)F)c3)C(=O)[C@@H]2[C@@H]2C[C@@H](c3ccc(O)cc3)O[C@]12O. The number of fused-ring (bicyclic) bond motifs is 3. The molecule has 2 heterocycles. The quantitative estimate of drug-likeness (QED) is 0.421. The van der Waals surface area contributed by atoms with Crippen LogP contribution in [0.4, 0.5) is 32.0 Å². The zero-order valence-corrected chi connectivity index (χ0v) is 19.2. The number of halogens is 6. The number of rotatable bonds is 2. The summed E-state index contributed by atoms with van der Waals surface area (Å²) in [6.45, 7) is 1.61. The summed E-state index contributed by atoms with van der Waals surface area (Å²) in [7, 11) is 0. The van der Waals surface area contributed by atoms with Crippen LogP contribution in [-0.4, -0.2) is 27.8 Å². The van der Waals surface area contributed by atoms with Crippen LogP contribution in [0.25, 0.3) is 0 Å². The summed E-state index contributed by atoms with van der Waals surface area (Å²) < 4.78 is 86.3. The van der Waals surface area contributed by atoms with Gasteiger partial charge in [0.05, 0.1) is 34.8 Å². The molecule has 0 spiro atoms. The zero-order valence-electron chi connectivity index (χ0n) is 19.2. The van der Waals surface area contributed by atoms with Gasteiger partial charge in [-0.15, -0.1) is 0 Å². The van der Waals surface area contributed by atoms with Crippen LogP contribution in [0.5, 0.6) is 5.75 Å². The zero-order chi connectivity index (χ0) is 27.1. The molecule has 1 saturated carbocycles. The van der Waals surface area contributed by atoms with Crippen molar-refractivity contribution in [2.45, 2.75) is 44.0 Å². The number of hydrogen-bond donors (Lipinski definition) is 2. The number of phenolic OH excluding ortho intramolecular Hbond substituents is 1. The molecule has 0 bridgehead atoms. The van der Waals surface area contributed by atoms with E-state index in [1.165, 1.54) is 12.1 Å². The third-order valence-corrected chi connectivity index (χ3v) is 7.65. The first-order chi connectivity index (χ1) is 17.1. The molecule has 37 heavy (non-hydrogen) atoms. The van der Waals surface area contributed by atoms with Gasteiger partial charge in [0.1, 0.15) is 5.75 Å². The van der Waals surface area contributed by atoms with E-state index < -0.39 is 76.5 Å². The predicted molar refractivity (Wildman–Crippen MR) is 115 cm³/mol. The molecule has 6 atom stereocenters. The van der Waals surface area contributed by atoms with E-state index in [-0.39, 0.29) is 24.7 Å². The van der Waals surface area contributed by atoms with E-state index in [1.54, 1.807) is 19.1 Å². The van der Waals surface area contributed by atoms with Gasteiger partial charge in [0, 0.05) is 11.8 Å². The highest BCUT2D eigenvalue weighted by atomic mass is 19.4. The lowest BCUT2D eigenvalue weighted by Gasteiger charge is -2.43. The van der Waals surface area contributed by atoms with E-state index in [0.29, 0.717) is 22.6 Å². The van der Waals surface area contributed by atoms with Crippen molar-refractivity contribution in [1.82, 2.24) is 0 Å². The maximum absolute atomic E-state index is 13.5. The molecular weight excluding hydrogens is 508 g/mol. The molecule has 3 aliphatic rings. The number of hydrogen-bond acceptors (Lipinski definition) is 5. The Balaban J connectivity index is 1.54. The second-order valence-corrected chi connectivity index (χ2v) is 9.84. The lowest BCUT2D eigenvalue weighted by atomic mass is 9.65. The Bertz CT molecular complexity index is 1230. The normalized spacial score (nSPS) is 32.0. The molecule has 0 aromatic heterocycles. The van der Waals surface area contributed by atoms with Crippen molar-refractivity contribution in [2.75, 3.05) is 4.90 Å². The summed E-state index contributed by atoms with van der Waals surface area (Å²) >= 11 is 0. The fraction of sp³-hybridized carbons (Fsp3) is 0.440. The summed E-state index contributed by atoms with van der Waals surface area (Å²) in [5, 5.41) is 21.0. The Kier molecular flexibility index (Phi) is 5.65. The number of aromatic hydroxyl groups is 1. The summed E-state index contributed by atoms with van der Waals surface area (Å²) in [6.07, 6.45) is -11.0. The van der Waals surface area contributed by atoms with E-state index in [4.69, 9.17) is 4.74 Å². The van der Waals surface area contributed by atoms with Crippen molar-refractivity contribution >= 4 is 17.5 Å². The first-order valence-corrected chi connectivity index (χ1v) is 11.5. The van der Waals surface area contributed by atoms with E-state index in [9.17, 15) is 46.1 Å². The number of aliphatic hydroxyl groups is 1. The average molecular weight is 529 g/mol. The molecule has 5 rings (SSSR count). The van der Waals surface area contributed by atoms with E-state index in [1.807, 2.05) is 0 Å². The van der Waals surface area contributed by atoms with Gasteiger partial charge >= 0.3 is 12.4 Å². The number of ether oxygens (including phenoxy) is 1. The van der Waals surface area contributed by atoms with Crippen LogP contribution in [0.1, 0.15) is 42.6 Å². The highest BCUT2D eigenvalue weighted by molar-refractivity contribution is 6.22. The molecule has 12 heteroatoms. The number of alkyl halides is 6. The van der Waals surface area contributed by atoms with E-state index in [0.717, 1.165) is 0 Å². The second kappa shape index (κ2) is 8.19. The Hall–Kier alpha value is -3.12. The van der Waals surface area contributed by atoms with Crippen molar-refractivity contribution in [2.24, 2.45) is 23.7 Å². The van der Waals surface area contributed by atoms with E-state index in [2.05, 4.69) is 0 Å². The standard InChI is InChI=1S/C25H21F6NO5/c1-11-6-17-20(18-10-19(37-23(11,18)36)12-2-4-16(33)5-3-12)22(35)32(21(17)34)15-8-13(24(26,27)28)7-14(9-15)25(29,30)31/h2-5,7-9,11,17-20,33,36H,6,10H2,1H3/t11-,17-,18-,19-,20-,23+/m0/s1. The molecule has 0 unspecified atom stereocenters. The van der Waals surface area contributed by atoms with Crippen LogP contribution in [0, 0.1) is 23.7 Å². The lowest BCUT2D eigenvalue weighted by Crippen LogP contribution is -2.52. The Morgan fingerprint density at radius 1 is 0.919 bits per heavy atom. The summed E-state index contributed by atoms with van der Waals surface area (Å²) in [6, 6.07) is 6.58. The van der Waals surface area contributed by atoms with Gasteiger partial charge in [-0.3, -0.25) is 14.5 Å². The fourth-order valence-corrected chi connectivity index (χ4v) is 5.86. The molecule has 2 N–H and O–H groups in total. The van der Waals surface area contributed by atoms with Crippen LogP contribution in [-0.2, 0) is 26.7 Å². The number of anilines is 1. The van der Waals surface area contributed by atoms with Crippen molar-refractivity contribution < 1.29 is 50.9 Å². The highest BCUT2D eigenvalue weighted by Gasteiger charge is 2.66. The molecule has 3 fully saturated rings. The minimum Gasteiger partial charge on any atom is -0.508 e. The Morgan fingerprint density at radius 2 is 1.49 bits per heavy atom. The third-order valence-electron chi connectivity index (χ3n) is 7.65. The fourth-order valence-electron chi connectivity index (χ4n) is 5.86. The molecule has 2 saturated heterocycles. The molecule has 2 aromatic rings. The summed E-state index contributed by atoms with van der Waals surface area (Å²) in [5.74, 6) is -7.58. The molecule has 2 amide bonds. The first kappa shape index (κ1) is 25.5. The molecule has 2 aliphatic heterocycles. The van der Waals surface area contributed by atoms with Gasteiger partial charge < -0.3 is 14.9 Å². The van der Waals surface area contributed by atoms with Gasteiger partial charge in [-0.1, -0.05) is 19.1 Å². The number of amides is 2. The minimum atomic E-state index is -5.15. The van der Waals surface area contributed by atoms with Crippen molar-refractivity contribution in [3.05, 3.63) is 59.2 Å². The number of carbonyl (C=O) groups excluding carboxylic acids is 2. The molecular formula is C25H21F6NO5. The third kappa shape index (κ3) is 4.06. The van der Waals surface area contributed by atoms with Gasteiger partial charge in [-0.25, -0.2) is 0 Å². The van der Waals surface area contributed by atoms with Crippen LogP contribution in [0.3, 0.4) is 0 Å². The molecule has 0 radical (unpaired) electrons. The van der Waals surface area contributed by atoms with Crippen LogP contribution >= 0.6 is 0 Å². The topological polar surface area (TPSA) is 87.1 Å². The number of imide groups is 1.